The Balaban J connectivity index is 1.43. The zero-order chi connectivity index (χ0) is 24.6. The maximum absolute atomic E-state index is 13.7. The molecule has 0 spiro atoms. The van der Waals surface area contributed by atoms with Gasteiger partial charge in [0.05, 0.1) is 42.5 Å². The van der Waals surface area contributed by atoms with E-state index in [9.17, 15) is 13.2 Å². The SMILES string of the molecule is COc1ccc(-c2cc(C(=O)N3CCN(C4CCS(=O)(=O)C4)CC3)c3ccccc3n2)cc1OC. The lowest BCUT2D eigenvalue weighted by atomic mass is 10.0. The molecule has 1 atom stereocenters. The molecule has 35 heavy (non-hydrogen) atoms. The van der Waals surface area contributed by atoms with E-state index < -0.39 is 9.84 Å². The number of amides is 1. The highest BCUT2D eigenvalue weighted by Gasteiger charge is 2.34. The van der Waals surface area contributed by atoms with Gasteiger partial charge in [-0.2, -0.15) is 0 Å². The normalized spacial score (nSPS) is 20.2. The van der Waals surface area contributed by atoms with Crippen LogP contribution < -0.4 is 9.47 Å². The van der Waals surface area contributed by atoms with Crippen molar-refractivity contribution in [1.82, 2.24) is 14.8 Å². The third-order valence-electron chi connectivity index (χ3n) is 6.95. The van der Waals surface area contributed by atoms with E-state index in [-0.39, 0.29) is 23.5 Å². The van der Waals surface area contributed by atoms with Crippen LogP contribution in [-0.2, 0) is 9.84 Å². The summed E-state index contributed by atoms with van der Waals surface area (Å²) in [4.78, 5) is 22.6. The molecule has 0 radical (unpaired) electrons. The van der Waals surface area contributed by atoms with E-state index in [1.807, 2.05) is 53.4 Å². The molecule has 0 N–H and O–H groups in total. The van der Waals surface area contributed by atoms with Gasteiger partial charge in [0.15, 0.2) is 21.3 Å². The number of sulfone groups is 1. The summed E-state index contributed by atoms with van der Waals surface area (Å²) < 4.78 is 34.6. The predicted molar refractivity (Wildman–Crippen MR) is 135 cm³/mol. The van der Waals surface area contributed by atoms with Crippen molar-refractivity contribution in [3.8, 4) is 22.8 Å². The molecule has 8 nitrogen and oxygen atoms in total. The monoisotopic (exact) mass is 495 g/mol. The number of para-hydroxylation sites is 1. The number of carbonyl (C=O) groups excluding carboxylic acids is 1. The molecule has 0 aliphatic carbocycles. The number of aromatic nitrogens is 1. The molecular weight excluding hydrogens is 466 g/mol. The number of rotatable bonds is 5. The Morgan fingerprint density at radius 1 is 0.971 bits per heavy atom. The summed E-state index contributed by atoms with van der Waals surface area (Å²) in [5.74, 6) is 1.67. The molecule has 2 aliphatic rings. The number of nitrogens with zero attached hydrogens (tertiary/aromatic N) is 3. The van der Waals surface area contributed by atoms with E-state index in [2.05, 4.69) is 4.90 Å². The first-order valence-corrected chi connectivity index (χ1v) is 13.6. The molecule has 5 rings (SSSR count). The highest BCUT2D eigenvalue weighted by Crippen LogP contribution is 2.33. The number of methoxy groups -OCH3 is 2. The van der Waals surface area contributed by atoms with Crippen LogP contribution in [0.5, 0.6) is 11.5 Å². The fraction of sp³-hybridized carbons (Fsp3) is 0.385. The lowest BCUT2D eigenvalue weighted by molar-refractivity contribution is 0.0589. The number of hydrogen-bond donors (Lipinski definition) is 0. The van der Waals surface area contributed by atoms with Crippen LogP contribution in [0.15, 0.2) is 48.5 Å². The van der Waals surface area contributed by atoms with Crippen LogP contribution in [0.4, 0.5) is 0 Å². The van der Waals surface area contributed by atoms with Gasteiger partial charge in [-0.1, -0.05) is 18.2 Å². The van der Waals surface area contributed by atoms with Gasteiger partial charge in [-0.3, -0.25) is 9.69 Å². The fourth-order valence-corrected chi connectivity index (χ4v) is 6.78. The largest absolute Gasteiger partial charge is 0.493 e. The molecule has 1 unspecified atom stereocenters. The first-order valence-electron chi connectivity index (χ1n) is 11.7. The maximum Gasteiger partial charge on any atom is 0.254 e. The van der Waals surface area contributed by atoms with Crippen molar-refractivity contribution < 1.29 is 22.7 Å². The van der Waals surface area contributed by atoms with Crippen LogP contribution in [-0.4, -0.2) is 87.1 Å². The maximum atomic E-state index is 13.7. The Morgan fingerprint density at radius 2 is 1.71 bits per heavy atom. The van der Waals surface area contributed by atoms with Crippen molar-refractivity contribution in [3.05, 3.63) is 54.1 Å². The van der Waals surface area contributed by atoms with Gasteiger partial charge in [0.1, 0.15) is 0 Å². The second-order valence-electron chi connectivity index (χ2n) is 9.03. The minimum atomic E-state index is -2.93. The van der Waals surface area contributed by atoms with Gasteiger partial charge >= 0.3 is 0 Å². The third-order valence-corrected chi connectivity index (χ3v) is 8.70. The van der Waals surface area contributed by atoms with Gasteiger partial charge in [-0.15, -0.1) is 0 Å². The molecule has 2 aliphatic heterocycles. The van der Waals surface area contributed by atoms with E-state index in [0.29, 0.717) is 55.4 Å². The number of fused-ring (bicyclic) bond motifs is 1. The van der Waals surface area contributed by atoms with Crippen LogP contribution in [0.1, 0.15) is 16.8 Å². The third kappa shape index (κ3) is 4.70. The van der Waals surface area contributed by atoms with Gasteiger partial charge in [0, 0.05) is 43.2 Å². The Bertz CT molecular complexity index is 1370. The molecule has 2 fully saturated rings. The zero-order valence-corrected chi connectivity index (χ0v) is 20.8. The average Bonchev–Trinajstić information content (AvgIpc) is 3.26. The van der Waals surface area contributed by atoms with Crippen LogP contribution in [0.3, 0.4) is 0 Å². The predicted octanol–water partition coefficient (Wildman–Crippen LogP) is 2.86. The Morgan fingerprint density at radius 3 is 2.40 bits per heavy atom. The molecule has 2 saturated heterocycles. The van der Waals surface area contributed by atoms with Gasteiger partial charge in [0.2, 0.25) is 0 Å². The number of hydrogen-bond acceptors (Lipinski definition) is 7. The minimum absolute atomic E-state index is 0.0379. The van der Waals surface area contributed by atoms with Crippen LogP contribution in [0.25, 0.3) is 22.2 Å². The summed E-state index contributed by atoms with van der Waals surface area (Å²) in [6.45, 7) is 2.49. The molecule has 1 amide bonds. The number of ether oxygens (including phenoxy) is 2. The summed E-state index contributed by atoms with van der Waals surface area (Å²) >= 11 is 0. The molecule has 1 aromatic heterocycles. The quantitative estimate of drug-likeness (QED) is 0.538. The Labute approximate surface area is 205 Å². The molecular formula is C26H29N3O5S. The first kappa shape index (κ1) is 23.6. The summed E-state index contributed by atoms with van der Waals surface area (Å²) in [5, 5.41) is 0.811. The number of benzene rings is 2. The topological polar surface area (TPSA) is 89.0 Å². The molecule has 3 heterocycles. The second-order valence-corrected chi connectivity index (χ2v) is 11.3. The summed E-state index contributed by atoms with van der Waals surface area (Å²) in [5.41, 5.74) is 2.87. The van der Waals surface area contributed by atoms with Crippen molar-refractivity contribution >= 4 is 26.6 Å². The van der Waals surface area contributed by atoms with Gasteiger partial charge in [-0.05, 0) is 36.8 Å². The van der Waals surface area contributed by atoms with Crippen molar-refractivity contribution in [2.24, 2.45) is 0 Å². The van der Waals surface area contributed by atoms with E-state index in [1.165, 1.54) is 0 Å². The van der Waals surface area contributed by atoms with Crippen molar-refractivity contribution in [2.45, 2.75) is 12.5 Å². The Kier molecular flexibility index (Phi) is 6.37. The molecule has 2 aromatic carbocycles. The van der Waals surface area contributed by atoms with Crippen molar-refractivity contribution in [2.75, 3.05) is 51.9 Å². The molecule has 184 valence electrons. The summed E-state index contributed by atoms with van der Waals surface area (Å²) in [6, 6.07) is 15.2. The highest BCUT2D eigenvalue weighted by molar-refractivity contribution is 7.91. The van der Waals surface area contributed by atoms with E-state index in [0.717, 1.165) is 16.5 Å². The Hall–Kier alpha value is -3.17. The van der Waals surface area contributed by atoms with Crippen LogP contribution >= 0.6 is 0 Å². The smallest absolute Gasteiger partial charge is 0.254 e. The van der Waals surface area contributed by atoms with Crippen molar-refractivity contribution in [3.63, 3.8) is 0 Å². The number of piperazine rings is 1. The number of pyridine rings is 1. The fourth-order valence-electron chi connectivity index (χ4n) is 5.02. The van der Waals surface area contributed by atoms with Crippen LogP contribution in [0, 0.1) is 0 Å². The molecule has 3 aromatic rings. The van der Waals surface area contributed by atoms with Crippen molar-refractivity contribution in [1.29, 1.82) is 0 Å². The zero-order valence-electron chi connectivity index (χ0n) is 19.9. The lowest BCUT2D eigenvalue weighted by Gasteiger charge is -2.37. The second kappa shape index (κ2) is 9.47. The van der Waals surface area contributed by atoms with E-state index >= 15 is 0 Å². The molecule has 0 saturated carbocycles. The van der Waals surface area contributed by atoms with Gasteiger partial charge in [-0.25, -0.2) is 13.4 Å². The standard InChI is InChI=1S/C26H29N3O5S/c1-33-24-8-7-18(15-25(24)34-2)23-16-21(20-5-3-4-6-22(20)27-23)26(30)29-12-10-28(11-13-29)19-9-14-35(31,32)17-19/h3-8,15-16,19H,9-14,17H2,1-2H3. The highest BCUT2D eigenvalue weighted by atomic mass is 32.2. The summed E-state index contributed by atoms with van der Waals surface area (Å²) in [7, 11) is 0.251. The summed E-state index contributed by atoms with van der Waals surface area (Å²) in [6.07, 6.45) is 0.681. The van der Waals surface area contributed by atoms with Crippen LogP contribution in [0.2, 0.25) is 0 Å². The first-order chi connectivity index (χ1) is 16.9. The minimum Gasteiger partial charge on any atom is -0.493 e. The van der Waals surface area contributed by atoms with Gasteiger partial charge < -0.3 is 14.4 Å². The number of carbonyl (C=O) groups is 1. The van der Waals surface area contributed by atoms with E-state index in [4.69, 9.17) is 14.5 Å². The molecule has 9 heteroatoms. The van der Waals surface area contributed by atoms with Gasteiger partial charge in [0.25, 0.3) is 5.91 Å². The average molecular weight is 496 g/mol. The lowest BCUT2D eigenvalue weighted by Crippen LogP contribution is -2.52. The van der Waals surface area contributed by atoms with E-state index in [1.54, 1.807) is 14.2 Å². The molecule has 0 bridgehead atoms.